The molecule has 1 fully saturated rings. The van der Waals surface area contributed by atoms with E-state index in [0.717, 1.165) is 24.2 Å². The second kappa shape index (κ2) is 8.74. The molecule has 0 unspecified atom stereocenters. The summed E-state index contributed by atoms with van der Waals surface area (Å²) in [6.45, 7) is 1.70. The van der Waals surface area contributed by atoms with Gasteiger partial charge in [0.15, 0.2) is 6.61 Å². The van der Waals surface area contributed by atoms with E-state index in [1.807, 2.05) is 31.2 Å². The van der Waals surface area contributed by atoms with Gasteiger partial charge in [0.25, 0.3) is 5.91 Å². The summed E-state index contributed by atoms with van der Waals surface area (Å²) < 4.78 is 4.98. The number of thioether (sulfide) groups is 1. The lowest BCUT2D eigenvalue weighted by Gasteiger charge is -2.21. The van der Waals surface area contributed by atoms with Crippen LogP contribution in [0.4, 0.5) is 0 Å². The van der Waals surface area contributed by atoms with Gasteiger partial charge in [0.05, 0.1) is 11.8 Å². The van der Waals surface area contributed by atoms with Crippen molar-refractivity contribution in [3.63, 3.8) is 0 Å². The summed E-state index contributed by atoms with van der Waals surface area (Å²) in [6.07, 6.45) is 3.19. The third-order valence-corrected chi connectivity index (χ3v) is 5.00. The lowest BCUT2D eigenvalue weighted by atomic mass is 10.00. The second-order valence-corrected chi connectivity index (χ2v) is 7.07. The largest absolute Gasteiger partial charge is 0.455 e. The first-order chi connectivity index (χ1) is 11.5. The maximum Gasteiger partial charge on any atom is 0.316 e. The number of hydrogen-bond donors (Lipinski definition) is 1. The molecule has 0 radical (unpaired) electrons. The summed E-state index contributed by atoms with van der Waals surface area (Å²) in [5, 5.41) is 11.9. The molecular formula is C18H22N2O3S. The zero-order valence-electron chi connectivity index (χ0n) is 13.8. The Morgan fingerprint density at radius 1 is 1.29 bits per heavy atom. The molecule has 0 saturated heterocycles. The van der Waals surface area contributed by atoms with E-state index in [1.165, 1.54) is 17.3 Å². The molecule has 0 bridgehead atoms. The molecule has 0 atom stereocenters. The van der Waals surface area contributed by atoms with E-state index in [2.05, 4.69) is 11.4 Å². The first-order valence-corrected chi connectivity index (χ1v) is 9.20. The molecule has 1 aromatic carbocycles. The normalized spacial score (nSPS) is 15.5. The van der Waals surface area contributed by atoms with Crippen LogP contribution in [0.2, 0.25) is 0 Å². The van der Waals surface area contributed by atoms with E-state index in [9.17, 15) is 14.9 Å². The number of ether oxygens (including phenoxy) is 1. The van der Waals surface area contributed by atoms with Crippen molar-refractivity contribution in [2.75, 3.05) is 12.4 Å². The topological polar surface area (TPSA) is 79.2 Å². The number of esters is 1. The van der Waals surface area contributed by atoms with Gasteiger partial charge in [-0.05, 0) is 38.2 Å². The molecule has 1 saturated carbocycles. The highest BCUT2D eigenvalue weighted by Gasteiger charge is 2.35. The Morgan fingerprint density at radius 3 is 2.58 bits per heavy atom. The second-order valence-electron chi connectivity index (χ2n) is 6.09. The summed E-state index contributed by atoms with van der Waals surface area (Å²) in [4.78, 5) is 23.5. The average Bonchev–Trinajstić information content (AvgIpc) is 3.04. The molecule has 6 heteroatoms. The van der Waals surface area contributed by atoms with Crippen molar-refractivity contribution in [2.24, 2.45) is 0 Å². The smallest absolute Gasteiger partial charge is 0.316 e. The van der Waals surface area contributed by atoms with Crippen LogP contribution >= 0.6 is 11.8 Å². The average molecular weight is 346 g/mol. The summed E-state index contributed by atoms with van der Waals surface area (Å²) in [7, 11) is 0. The van der Waals surface area contributed by atoms with Gasteiger partial charge in [-0.2, -0.15) is 5.26 Å². The number of nitrogens with one attached hydrogen (secondary N) is 1. The molecule has 1 aliphatic carbocycles. The van der Waals surface area contributed by atoms with Gasteiger partial charge >= 0.3 is 5.97 Å². The summed E-state index contributed by atoms with van der Waals surface area (Å²) in [5.41, 5.74) is 1.57. The fraction of sp³-hybridized carbons (Fsp3) is 0.500. The Kier molecular flexibility index (Phi) is 6.68. The van der Waals surface area contributed by atoms with Gasteiger partial charge in [0.2, 0.25) is 0 Å². The Hall–Kier alpha value is -2.00. The van der Waals surface area contributed by atoms with E-state index < -0.39 is 17.4 Å². The summed E-state index contributed by atoms with van der Waals surface area (Å²) >= 11 is 1.45. The molecule has 1 aromatic rings. The summed E-state index contributed by atoms with van der Waals surface area (Å²) in [5.74, 6) is 0.0963. The molecule has 1 N–H and O–H groups in total. The van der Waals surface area contributed by atoms with Crippen molar-refractivity contribution in [3.05, 3.63) is 35.4 Å². The van der Waals surface area contributed by atoms with Crippen molar-refractivity contribution in [2.45, 2.75) is 43.9 Å². The van der Waals surface area contributed by atoms with Crippen LogP contribution in [0.5, 0.6) is 0 Å². The maximum atomic E-state index is 11.8. The van der Waals surface area contributed by atoms with Crippen LogP contribution in [0.3, 0.4) is 0 Å². The minimum Gasteiger partial charge on any atom is -0.455 e. The van der Waals surface area contributed by atoms with Crippen molar-refractivity contribution in [1.29, 1.82) is 5.26 Å². The van der Waals surface area contributed by atoms with E-state index in [1.54, 1.807) is 0 Å². The number of carbonyl (C=O) groups excluding carboxylic acids is 2. The summed E-state index contributed by atoms with van der Waals surface area (Å²) in [6, 6.07) is 10.3. The van der Waals surface area contributed by atoms with Crippen molar-refractivity contribution < 1.29 is 14.3 Å². The standard InChI is InChI=1S/C18H22N2O3S/c1-14-4-6-15(7-5-14)11-24-12-17(22)23-10-16(21)20-18(13-19)8-2-3-9-18/h4-7H,2-3,8-12H2,1H3,(H,20,21). The third kappa shape index (κ3) is 5.57. The molecule has 0 aromatic heterocycles. The first kappa shape index (κ1) is 18.3. The number of hydrogen-bond acceptors (Lipinski definition) is 5. The Labute approximate surface area is 146 Å². The van der Waals surface area contributed by atoms with Gasteiger partial charge in [0.1, 0.15) is 5.54 Å². The minimum atomic E-state index is -0.774. The Bertz CT molecular complexity index is 616. The predicted molar refractivity (Wildman–Crippen MR) is 93.3 cm³/mol. The van der Waals surface area contributed by atoms with Crippen LogP contribution < -0.4 is 5.32 Å². The molecule has 5 nitrogen and oxygen atoms in total. The van der Waals surface area contributed by atoms with E-state index in [0.29, 0.717) is 12.8 Å². The number of nitriles is 1. The maximum absolute atomic E-state index is 11.8. The van der Waals surface area contributed by atoms with E-state index in [4.69, 9.17) is 4.74 Å². The van der Waals surface area contributed by atoms with Crippen molar-refractivity contribution >= 4 is 23.6 Å². The van der Waals surface area contributed by atoms with Crippen LogP contribution in [0, 0.1) is 18.3 Å². The van der Waals surface area contributed by atoms with Crippen molar-refractivity contribution in [1.82, 2.24) is 5.32 Å². The molecule has 0 spiro atoms. The Balaban J connectivity index is 1.64. The highest BCUT2D eigenvalue weighted by Crippen LogP contribution is 2.28. The SMILES string of the molecule is Cc1ccc(CSCC(=O)OCC(=O)NC2(C#N)CCCC2)cc1. The number of benzene rings is 1. The number of rotatable bonds is 7. The molecular weight excluding hydrogens is 324 g/mol. The van der Waals surface area contributed by atoms with Gasteiger partial charge < -0.3 is 10.1 Å². The lowest BCUT2D eigenvalue weighted by molar-refractivity contribution is -0.146. The Morgan fingerprint density at radius 2 is 1.96 bits per heavy atom. The van der Waals surface area contributed by atoms with Crippen LogP contribution in [-0.2, 0) is 20.1 Å². The number of carbonyl (C=O) groups is 2. The number of nitrogens with zero attached hydrogens (tertiary/aromatic N) is 1. The van der Waals surface area contributed by atoms with Crippen LogP contribution in [0.15, 0.2) is 24.3 Å². The third-order valence-electron chi connectivity index (χ3n) is 4.02. The first-order valence-electron chi connectivity index (χ1n) is 8.04. The minimum absolute atomic E-state index is 0.199. The highest BCUT2D eigenvalue weighted by molar-refractivity contribution is 7.99. The van der Waals surface area contributed by atoms with Gasteiger partial charge in [-0.3, -0.25) is 9.59 Å². The molecule has 128 valence electrons. The molecule has 2 rings (SSSR count). The highest BCUT2D eigenvalue weighted by atomic mass is 32.2. The van der Waals surface area contributed by atoms with Crippen molar-refractivity contribution in [3.8, 4) is 6.07 Å². The quantitative estimate of drug-likeness (QED) is 0.768. The van der Waals surface area contributed by atoms with Crippen LogP contribution in [0.25, 0.3) is 0 Å². The van der Waals surface area contributed by atoms with Gasteiger partial charge in [-0.1, -0.05) is 29.8 Å². The zero-order valence-corrected chi connectivity index (χ0v) is 14.7. The fourth-order valence-electron chi connectivity index (χ4n) is 2.67. The monoisotopic (exact) mass is 346 g/mol. The zero-order chi connectivity index (χ0) is 17.4. The molecule has 24 heavy (non-hydrogen) atoms. The van der Waals surface area contributed by atoms with Gasteiger partial charge in [-0.15, -0.1) is 11.8 Å². The molecule has 1 amide bonds. The number of amides is 1. The number of aryl methyl sites for hydroxylation is 1. The van der Waals surface area contributed by atoms with Crippen LogP contribution in [0.1, 0.15) is 36.8 Å². The fourth-order valence-corrected chi connectivity index (χ4v) is 3.45. The van der Waals surface area contributed by atoms with Crippen LogP contribution in [-0.4, -0.2) is 29.8 Å². The molecule has 0 aliphatic heterocycles. The van der Waals surface area contributed by atoms with Gasteiger partial charge in [-0.25, -0.2) is 0 Å². The van der Waals surface area contributed by atoms with E-state index in [-0.39, 0.29) is 12.4 Å². The van der Waals surface area contributed by atoms with Gasteiger partial charge in [0, 0.05) is 5.75 Å². The molecule has 0 heterocycles. The predicted octanol–water partition coefficient (Wildman–Crippen LogP) is 2.72. The molecule has 1 aliphatic rings. The lowest BCUT2D eigenvalue weighted by Crippen LogP contribution is -2.46. The van der Waals surface area contributed by atoms with E-state index >= 15 is 0 Å².